The molecule has 1 aliphatic rings. The molecule has 1 unspecified atom stereocenters. The maximum Gasteiger partial charge on any atom is 0.233 e. The van der Waals surface area contributed by atoms with Crippen molar-refractivity contribution >= 4 is 10.0 Å². The van der Waals surface area contributed by atoms with Crippen LogP contribution in [0.1, 0.15) is 24.0 Å². The minimum Gasteiger partial charge on any atom is -0.480 e. The molecule has 0 saturated carbocycles. The van der Waals surface area contributed by atoms with Gasteiger partial charge in [0.15, 0.2) is 0 Å². The van der Waals surface area contributed by atoms with Crippen LogP contribution >= 0.6 is 0 Å². The summed E-state index contributed by atoms with van der Waals surface area (Å²) in [6.07, 6.45) is 1.30. The first-order chi connectivity index (χ1) is 12.5. The van der Waals surface area contributed by atoms with Crippen LogP contribution in [0.4, 0.5) is 0 Å². The Bertz CT molecular complexity index is 840. The lowest BCUT2D eigenvalue weighted by Crippen LogP contribution is -2.44. The lowest BCUT2D eigenvalue weighted by atomic mass is 10.1. The van der Waals surface area contributed by atoms with Gasteiger partial charge in [-0.3, -0.25) is 0 Å². The number of rotatable bonds is 6. The van der Waals surface area contributed by atoms with Crippen LogP contribution in [0, 0.1) is 6.92 Å². The van der Waals surface area contributed by atoms with Crippen LogP contribution in [0.2, 0.25) is 0 Å². The second-order valence-electron chi connectivity index (χ2n) is 6.40. The Balaban J connectivity index is 1.64. The summed E-state index contributed by atoms with van der Waals surface area (Å²) in [7, 11) is -1.88. The molecule has 2 heterocycles. The summed E-state index contributed by atoms with van der Waals surface area (Å²) in [5, 5.41) is 7.81. The molecule has 140 valence electrons. The number of sulfonamides is 1. The van der Waals surface area contributed by atoms with Gasteiger partial charge in [-0.05, 0) is 25.3 Å². The molecule has 0 radical (unpaired) electrons. The minimum atomic E-state index is -3.39. The third kappa shape index (κ3) is 4.70. The number of ether oxygens (including phenoxy) is 2. The molecule has 1 atom stereocenters. The van der Waals surface area contributed by atoms with Gasteiger partial charge in [-0.25, -0.2) is 8.42 Å². The molecular formula is C18H23N3O4S. The maximum atomic E-state index is 12.8. The first-order valence-corrected chi connectivity index (χ1v) is 10.1. The molecule has 0 aliphatic carbocycles. The fraction of sp³-hybridized carbons (Fsp3) is 0.444. The van der Waals surface area contributed by atoms with E-state index in [4.69, 9.17) is 9.47 Å². The SMILES string of the molecule is COc1ccc(OC2CCCN(S(=O)(=O)Cc3cccc(C)c3)C2)nn1. The van der Waals surface area contributed by atoms with Crippen LogP contribution in [0.3, 0.4) is 0 Å². The second kappa shape index (κ2) is 8.01. The summed E-state index contributed by atoms with van der Waals surface area (Å²) in [4.78, 5) is 0. The van der Waals surface area contributed by atoms with Crippen LogP contribution in [0.25, 0.3) is 0 Å². The predicted molar refractivity (Wildman–Crippen MR) is 97.6 cm³/mol. The largest absolute Gasteiger partial charge is 0.480 e. The van der Waals surface area contributed by atoms with Crippen molar-refractivity contribution in [1.82, 2.24) is 14.5 Å². The molecule has 0 N–H and O–H groups in total. The van der Waals surface area contributed by atoms with E-state index in [1.807, 2.05) is 31.2 Å². The third-order valence-electron chi connectivity index (χ3n) is 4.28. The zero-order valence-electron chi connectivity index (χ0n) is 15.0. The van der Waals surface area contributed by atoms with Crippen LogP contribution in [-0.4, -0.2) is 49.2 Å². The van der Waals surface area contributed by atoms with E-state index in [1.165, 1.54) is 11.4 Å². The zero-order valence-corrected chi connectivity index (χ0v) is 15.8. The molecule has 8 heteroatoms. The van der Waals surface area contributed by atoms with E-state index in [0.717, 1.165) is 24.0 Å². The van der Waals surface area contributed by atoms with Gasteiger partial charge in [0.2, 0.25) is 21.8 Å². The second-order valence-corrected chi connectivity index (χ2v) is 8.37. The van der Waals surface area contributed by atoms with Crippen molar-refractivity contribution in [3.63, 3.8) is 0 Å². The monoisotopic (exact) mass is 377 g/mol. The molecule has 0 bridgehead atoms. The highest BCUT2D eigenvalue weighted by atomic mass is 32.2. The Labute approximate surface area is 154 Å². The van der Waals surface area contributed by atoms with Gasteiger partial charge in [-0.1, -0.05) is 29.8 Å². The normalized spacial score (nSPS) is 18.5. The van der Waals surface area contributed by atoms with Crippen molar-refractivity contribution in [1.29, 1.82) is 0 Å². The molecule has 0 amide bonds. The summed E-state index contributed by atoms with van der Waals surface area (Å²) < 4.78 is 37.8. The first kappa shape index (κ1) is 18.6. The first-order valence-electron chi connectivity index (χ1n) is 8.54. The van der Waals surface area contributed by atoms with E-state index in [2.05, 4.69) is 10.2 Å². The van der Waals surface area contributed by atoms with Gasteiger partial charge < -0.3 is 9.47 Å². The Kier molecular flexibility index (Phi) is 5.73. The number of benzene rings is 1. The smallest absolute Gasteiger partial charge is 0.233 e. The van der Waals surface area contributed by atoms with Crippen LogP contribution in [-0.2, 0) is 15.8 Å². The summed E-state index contributed by atoms with van der Waals surface area (Å²) in [6.45, 7) is 2.79. The highest BCUT2D eigenvalue weighted by molar-refractivity contribution is 7.88. The molecule has 1 aromatic carbocycles. The van der Waals surface area contributed by atoms with Gasteiger partial charge in [0.05, 0.1) is 19.4 Å². The van der Waals surface area contributed by atoms with Crippen molar-refractivity contribution in [3.8, 4) is 11.8 Å². The zero-order chi connectivity index (χ0) is 18.6. The van der Waals surface area contributed by atoms with E-state index in [9.17, 15) is 8.42 Å². The number of aromatic nitrogens is 2. The predicted octanol–water partition coefficient (Wildman–Crippen LogP) is 2.17. The van der Waals surface area contributed by atoms with Crippen molar-refractivity contribution in [3.05, 3.63) is 47.5 Å². The molecule has 1 saturated heterocycles. The number of aryl methyl sites for hydroxylation is 1. The summed E-state index contributed by atoms with van der Waals surface area (Å²) >= 11 is 0. The van der Waals surface area contributed by atoms with Crippen LogP contribution in [0.5, 0.6) is 11.8 Å². The van der Waals surface area contributed by atoms with Gasteiger partial charge in [0.1, 0.15) is 6.10 Å². The van der Waals surface area contributed by atoms with Crippen molar-refractivity contribution < 1.29 is 17.9 Å². The molecule has 0 spiro atoms. The standard InChI is InChI=1S/C18H23N3O4S/c1-14-5-3-6-15(11-14)13-26(22,23)21-10-4-7-16(12-21)25-18-9-8-17(24-2)19-20-18/h3,5-6,8-9,11,16H,4,7,10,12-13H2,1-2H3. The average molecular weight is 377 g/mol. The van der Waals surface area contributed by atoms with Gasteiger partial charge >= 0.3 is 0 Å². The highest BCUT2D eigenvalue weighted by Gasteiger charge is 2.30. The highest BCUT2D eigenvalue weighted by Crippen LogP contribution is 2.21. The fourth-order valence-electron chi connectivity index (χ4n) is 3.01. The number of piperidine rings is 1. The summed E-state index contributed by atoms with van der Waals surface area (Å²) in [6, 6.07) is 10.9. The van der Waals surface area contributed by atoms with Crippen molar-refractivity contribution in [2.24, 2.45) is 0 Å². The number of hydrogen-bond donors (Lipinski definition) is 0. The van der Waals surface area contributed by atoms with E-state index < -0.39 is 10.0 Å². The van der Waals surface area contributed by atoms with Gasteiger partial charge in [0, 0.05) is 18.7 Å². The average Bonchev–Trinajstić information content (AvgIpc) is 2.62. The Morgan fingerprint density at radius 1 is 1.19 bits per heavy atom. The molecule has 1 aromatic heterocycles. The third-order valence-corrected chi connectivity index (χ3v) is 6.09. The molecule has 3 rings (SSSR count). The van der Waals surface area contributed by atoms with Crippen LogP contribution < -0.4 is 9.47 Å². The minimum absolute atomic E-state index is 0.00371. The quantitative estimate of drug-likeness (QED) is 0.767. The summed E-state index contributed by atoms with van der Waals surface area (Å²) in [5.41, 5.74) is 1.85. The van der Waals surface area contributed by atoms with E-state index in [0.29, 0.717) is 24.8 Å². The Morgan fingerprint density at radius 3 is 2.65 bits per heavy atom. The van der Waals surface area contributed by atoms with Crippen molar-refractivity contribution in [2.45, 2.75) is 31.6 Å². The van der Waals surface area contributed by atoms with E-state index in [-0.39, 0.29) is 11.9 Å². The Hall–Kier alpha value is -2.19. The van der Waals surface area contributed by atoms with Gasteiger partial charge in [0.25, 0.3) is 0 Å². The molecule has 26 heavy (non-hydrogen) atoms. The van der Waals surface area contributed by atoms with Crippen molar-refractivity contribution in [2.75, 3.05) is 20.2 Å². The maximum absolute atomic E-state index is 12.8. The van der Waals surface area contributed by atoms with Gasteiger partial charge in [-0.15, -0.1) is 10.2 Å². The molecule has 1 aliphatic heterocycles. The van der Waals surface area contributed by atoms with E-state index in [1.54, 1.807) is 12.1 Å². The molecule has 7 nitrogen and oxygen atoms in total. The van der Waals surface area contributed by atoms with Crippen LogP contribution in [0.15, 0.2) is 36.4 Å². The lowest BCUT2D eigenvalue weighted by molar-refractivity contribution is 0.123. The van der Waals surface area contributed by atoms with Gasteiger partial charge in [-0.2, -0.15) is 4.31 Å². The number of nitrogens with zero attached hydrogens (tertiary/aromatic N) is 3. The number of hydrogen-bond acceptors (Lipinski definition) is 6. The Morgan fingerprint density at radius 2 is 1.96 bits per heavy atom. The fourth-order valence-corrected chi connectivity index (χ4v) is 4.59. The molecule has 2 aromatic rings. The number of methoxy groups -OCH3 is 1. The van der Waals surface area contributed by atoms with E-state index >= 15 is 0 Å². The molecule has 1 fully saturated rings. The lowest BCUT2D eigenvalue weighted by Gasteiger charge is -2.31. The molecular weight excluding hydrogens is 354 g/mol. The topological polar surface area (TPSA) is 81.6 Å². The summed E-state index contributed by atoms with van der Waals surface area (Å²) in [5.74, 6) is 0.779.